The van der Waals surface area contributed by atoms with Gasteiger partial charge in [0.2, 0.25) is 0 Å². The van der Waals surface area contributed by atoms with Crippen molar-refractivity contribution >= 4 is 22.9 Å². The molecule has 0 aliphatic carbocycles. The first-order valence-electron chi connectivity index (χ1n) is 11.0. The second-order valence-corrected chi connectivity index (χ2v) is 7.74. The lowest BCUT2D eigenvalue weighted by molar-refractivity contribution is 0.112. The largest absolute Gasteiger partial charge is 0.367 e. The second kappa shape index (κ2) is 8.16. The molecule has 0 aliphatic rings. The molecule has 156 valence electrons. The average molecular weight is 420 g/mol. The molecule has 4 aromatic carbocycles. The summed E-state index contributed by atoms with van der Waals surface area (Å²) in [5.74, 6) is 0. The van der Waals surface area contributed by atoms with Crippen molar-refractivity contribution < 1.29 is 10.7 Å². The summed E-state index contributed by atoms with van der Waals surface area (Å²) in [5, 5.41) is 8.42. The summed E-state index contributed by atoms with van der Waals surface area (Å²) >= 11 is 0. The van der Waals surface area contributed by atoms with E-state index in [9.17, 15) is 4.79 Å². The summed E-state index contributed by atoms with van der Waals surface area (Å²) in [4.78, 5) is 12.4. The summed E-state index contributed by atoms with van der Waals surface area (Å²) in [5.41, 5.74) is 4.19. The first-order chi connectivity index (χ1) is 16.1. The van der Waals surface area contributed by atoms with E-state index in [1.807, 2.05) is 61.5 Å². The van der Waals surface area contributed by atoms with E-state index in [2.05, 4.69) is 46.9 Å². The van der Waals surface area contributed by atoms with Gasteiger partial charge >= 0.3 is 0 Å². The number of aromatic nitrogens is 1. The zero-order valence-corrected chi connectivity index (χ0v) is 17.6. The van der Waals surface area contributed by atoms with Crippen LogP contribution in [0.25, 0.3) is 11.0 Å². The maximum atomic E-state index is 12.4. The third-order valence-corrected chi connectivity index (χ3v) is 5.84. The van der Waals surface area contributed by atoms with Crippen LogP contribution in [0.15, 0.2) is 108 Å². The molecule has 0 radical (unpaired) electrons. The Balaban J connectivity index is 1.83. The first kappa shape index (κ1) is 18.6. The van der Waals surface area contributed by atoms with Gasteiger partial charge in [-0.3, -0.25) is 4.79 Å². The molecule has 5 rings (SSSR count). The van der Waals surface area contributed by atoms with Crippen molar-refractivity contribution in [2.24, 2.45) is 0 Å². The molecular formula is C28H22N2O2. The smallest absolute Gasteiger partial charge is 0.169 e. The third-order valence-electron chi connectivity index (χ3n) is 5.84. The molecule has 4 heteroatoms. The van der Waals surface area contributed by atoms with Gasteiger partial charge in [0.1, 0.15) is 6.91 Å². The maximum absolute atomic E-state index is 12.4. The van der Waals surface area contributed by atoms with Gasteiger partial charge in [0, 0.05) is 22.7 Å². The Morgan fingerprint density at radius 3 is 1.81 bits per heavy atom. The lowest BCUT2D eigenvalue weighted by atomic mass is 9.76. The number of carbonyl (C=O) groups is 1. The Kier molecular flexibility index (Phi) is 4.74. The normalized spacial score (nSPS) is 11.8. The van der Waals surface area contributed by atoms with Crippen LogP contribution in [0.2, 0.25) is 0 Å². The first-order valence-corrected chi connectivity index (χ1v) is 10.5. The number of fused-ring (bicyclic) bond motifs is 1. The predicted octanol–water partition coefficient (Wildman–Crippen LogP) is 6.35. The van der Waals surface area contributed by atoms with Crippen LogP contribution in [0.1, 0.15) is 34.1 Å². The van der Waals surface area contributed by atoms with E-state index in [4.69, 9.17) is 5.89 Å². The minimum atomic E-state index is -0.823. The fourth-order valence-corrected chi connectivity index (χ4v) is 4.28. The Labute approximate surface area is 187 Å². The number of nitrogens with one attached hydrogen (secondary N) is 1. The monoisotopic (exact) mass is 419 g/mol. The number of aldehydes is 1. The van der Waals surface area contributed by atoms with E-state index in [1.165, 1.54) is 0 Å². The van der Waals surface area contributed by atoms with E-state index >= 15 is 0 Å². The molecule has 5 aromatic rings. The third kappa shape index (κ3) is 3.26. The molecule has 4 nitrogen and oxygen atoms in total. The van der Waals surface area contributed by atoms with Crippen LogP contribution in [0.5, 0.6) is 0 Å². The lowest BCUT2D eigenvalue weighted by Gasteiger charge is -2.38. The highest BCUT2D eigenvalue weighted by Gasteiger charge is 2.37. The van der Waals surface area contributed by atoms with Gasteiger partial charge in [-0.15, -0.1) is 0 Å². The van der Waals surface area contributed by atoms with Crippen LogP contribution in [-0.2, 0) is 5.54 Å². The van der Waals surface area contributed by atoms with Crippen LogP contribution in [-0.4, -0.2) is 11.4 Å². The van der Waals surface area contributed by atoms with Crippen LogP contribution >= 0.6 is 0 Å². The molecule has 0 aliphatic heterocycles. The summed E-state index contributed by atoms with van der Waals surface area (Å²) in [6.07, 6.45) is -0.775. The predicted molar refractivity (Wildman–Crippen MR) is 127 cm³/mol. The minimum absolute atomic E-state index is 0.265. The van der Waals surface area contributed by atoms with Gasteiger partial charge in [0.15, 0.2) is 11.8 Å². The molecule has 1 aromatic heterocycles. The van der Waals surface area contributed by atoms with E-state index in [0.29, 0.717) is 17.0 Å². The Morgan fingerprint density at radius 1 is 0.844 bits per heavy atom. The quantitative estimate of drug-likeness (QED) is 0.257. The van der Waals surface area contributed by atoms with Gasteiger partial charge < -0.3 is 9.84 Å². The van der Waals surface area contributed by atoms with Crippen molar-refractivity contribution in [2.75, 3.05) is 5.32 Å². The standard InChI is InChI=1S/C28H22N2O2/c1-20-25-17-21(19-31)26(18-27(25)32-30-20)29-28(22-11-5-2-6-12-22,23-13-7-3-8-14-23)24-15-9-4-10-16-24/h2-19,29H,1H3/i19D. The number of benzene rings is 4. The van der Waals surface area contributed by atoms with E-state index in [1.54, 1.807) is 12.1 Å². The molecule has 0 fully saturated rings. The number of nitrogens with zero attached hydrogens (tertiary/aromatic N) is 1. The molecule has 0 unspecified atom stereocenters. The Hall–Kier alpha value is -4.18. The molecule has 0 saturated carbocycles. The van der Waals surface area contributed by atoms with Crippen molar-refractivity contribution in [3.05, 3.63) is 131 Å². The number of rotatable bonds is 6. The summed E-state index contributed by atoms with van der Waals surface area (Å²) in [6, 6.07) is 33.7. The van der Waals surface area contributed by atoms with Gasteiger partial charge in [0.25, 0.3) is 0 Å². The van der Waals surface area contributed by atoms with Crippen molar-refractivity contribution in [1.29, 1.82) is 0 Å². The van der Waals surface area contributed by atoms with E-state index in [0.717, 1.165) is 22.1 Å². The van der Waals surface area contributed by atoms with Crippen molar-refractivity contribution in [3.8, 4) is 0 Å². The topological polar surface area (TPSA) is 55.1 Å². The van der Waals surface area contributed by atoms with E-state index < -0.39 is 11.8 Å². The lowest BCUT2D eigenvalue weighted by Crippen LogP contribution is -2.38. The number of carbonyl (C=O) groups excluding carboxylic acids is 1. The van der Waals surface area contributed by atoms with Gasteiger partial charge in [-0.25, -0.2) is 0 Å². The van der Waals surface area contributed by atoms with Crippen LogP contribution in [0, 0.1) is 6.92 Å². The zero-order chi connectivity index (χ0) is 22.8. The van der Waals surface area contributed by atoms with Crippen LogP contribution in [0.3, 0.4) is 0 Å². The molecular weight excluding hydrogens is 396 g/mol. The van der Waals surface area contributed by atoms with E-state index in [-0.39, 0.29) is 5.56 Å². The van der Waals surface area contributed by atoms with Gasteiger partial charge in [-0.2, -0.15) is 0 Å². The van der Waals surface area contributed by atoms with Gasteiger partial charge in [-0.05, 0) is 29.7 Å². The molecule has 0 saturated heterocycles. The minimum Gasteiger partial charge on any atom is -0.367 e. The fraction of sp³-hybridized carbons (Fsp3) is 0.0714. The Bertz CT molecular complexity index is 1320. The summed E-state index contributed by atoms with van der Waals surface area (Å²) in [7, 11) is 0. The fourth-order valence-electron chi connectivity index (χ4n) is 4.28. The average Bonchev–Trinajstić information content (AvgIpc) is 3.23. The van der Waals surface area contributed by atoms with Crippen LogP contribution < -0.4 is 5.32 Å². The molecule has 1 N–H and O–H groups in total. The highest BCUT2D eigenvalue weighted by molar-refractivity contribution is 5.94. The maximum Gasteiger partial charge on any atom is 0.169 e. The number of aryl methyl sites for hydroxylation is 1. The van der Waals surface area contributed by atoms with Crippen molar-refractivity contribution in [1.82, 2.24) is 5.16 Å². The van der Waals surface area contributed by atoms with Gasteiger partial charge in [-0.1, -0.05) is 96.2 Å². The highest BCUT2D eigenvalue weighted by Crippen LogP contribution is 2.41. The zero-order valence-electron chi connectivity index (χ0n) is 18.6. The highest BCUT2D eigenvalue weighted by atomic mass is 16.5. The molecule has 0 spiro atoms. The number of hydrogen-bond donors (Lipinski definition) is 1. The summed E-state index contributed by atoms with van der Waals surface area (Å²) < 4.78 is 13.4. The molecule has 32 heavy (non-hydrogen) atoms. The molecule has 0 atom stereocenters. The van der Waals surface area contributed by atoms with Crippen LogP contribution in [0.4, 0.5) is 5.69 Å². The number of anilines is 1. The van der Waals surface area contributed by atoms with Gasteiger partial charge in [0.05, 0.1) is 5.69 Å². The molecule has 1 heterocycles. The molecule has 0 bridgehead atoms. The SMILES string of the molecule is [2H]C(=O)c1cc2c(C)noc2cc1NC(c1ccccc1)(c1ccccc1)c1ccccc1. The Morgan fingerprint density at radius 2 is 1.34 bits per heavy atom. The summed E-state index contributed by atoms with van der Waals surface area (Å²) in [6.45, 7) is 1.82. The number of hydrogen-bond acceptors (Lipinski definition) is 4. The van der Waals surface area contributed by atoms with Crippen molar-refractivity contribution in [2.45, 2.75) is 12.5 Å². The second-order valence-electron chi connectivity index (χ2n) is 7.74. The molecule has 0 amide bonds. The van der Waals surface area contributed by atoms with Crippen molar-refractivity contribution in [3.63, 3.8) is 0 Å².